The van der Waals surface area contributed by atoms with Gasteiger partial charge >= 0.3 is 0 Å². The standard InChI is InChI=1S/C12H17FN2O4S/c1-12(2,3)19-7-11(16)15-9-6-8(13)4-5-10(9)20(14,17)18/h4-6H,7H2,1-3H3,(H,15,16)(H2,14,17,18). The molecule has 0 bridgehead atoms. The molecule has 0 aliphatic rings. The molecule has 20 heavy (non-hydrogen) atoms. The Hall–Kier alpha value is -1.51. The summed E-state index contributed by atoms with van der Waals surface area (Å²) in [4.78, 5) is 11.3. The lowest BCUT2D eigenvalue weighted by Crippen LogP contribution is -2.28. The van der Waals surface area contributed by atoms with Crippen LogP contribution < -0.4 is 10.5 Å². The lowest BCUT2D eigenvalue weighted by Gasteiger charge is -2.19. The Kier molecular flexibility index (Phi) is 4.85. The SMILES string of the molecule is CC(C)(C)OCC(=O)Nc1cc(F)ccc1S(N)(=O)=O. The number of halogens is 1. The molecule has 1 aromatic rings. The van der Waals surface area contributed by atoms with Gasteiger partial charge in [0.15, 0.2) is 0 Å². The molecule has 1 amide bonds. The van der Waals surface area contributed by atoms with Gasteiger partial charge in [0.1, 0.15) is 17.3 Å². The molecule has 0 atom stereocenters. The van der Waals surface area contributed by atoms with E-state index in [4.69, 9.17) is 9.88 Å². The first-order valence-electron chi connectivity index (χ1n) is 5.75. The van der Waals surface area contributed by atoms with E-state index in [2.05, 4.69) is 5.32 Å². The van der Waals surface area contributed by atoms with Crippen molar-refractivity contribution in [3.63, 3.8) is 0 Å². The minimum absolute atomic E-state index is 0.213. The highest BCUT2D eigenvalue weighted by atomic mass is 32.2. The minimum Gasteiger partial charge on any atom is -0.366 e. The normalized spacial score (nSPS) is 12.2. The summed E-state index contributed by atoms with van der Waals surface area (Å²) in [7, 11) is -4.06. The molecule has 1 rings (SSSR count). The average molecular weight is 304 g/mol. The zero-order chi connectivity index (χ0) is 15.6. The quantitative estimate of drug-likeness (QED) is 0.874. The Balaban J connectivity index is 2.92. The molecule has 0 fully saturated rings. The van der Waals surface area contributed by atoms with Crippen molar-refractivity contribution in [3.05, 3.63) is 24.0 Å². The lowest BCUT2D eigenvalue weighted by atomic mass is 10.2. The van der Waals surface area contributed by atoms with E-state index in [1.807, 2.05) is 0 Å². The van der Waals surface area contributed by atoms with Gasteiger partial charge in [-0.15, -0.1) is 0 Å². The summed E-state index contributed by atoms with van der Waals surface area (Å²) in [5.74, 6) is -1.29. The summed E-state index contributed by atoms with van der Waals surface area (Å²) >= 11 is 0. The molecule has 3 N–H and O–H groups in total. The van der Waals surface area contributed by atoms with E-state index in [0.29, 0.717) is 0 Å². The second kappa shape index (κ2) is 5.86. The molecule has 112 valence electrons. The van der Waals surface area contributed by atoms with Crippen molar-refractivity contribution >= 4 is 21.6 Å². The molecule has 0 aliphatic heterocycles. The molecular weight excluding hydrogens is 287 g/mol. The van der Waals surface area contributed by atoms with Crippen LogP contribution in [0.25, 0.3) is 0 Å². The summed E-state index contributed by atoms with van der Waals surface area (Å²) in [6.45, 7) is 5.00. The van der Waals surface area contributed by atoms with E-state index < -0.39 is 27.3 Å². The van der Waals surface area contributed by atoms with Gasteiger partial charge in [0.25, 0.3) is 0 Å². The number of carbonyl (C=O) groups excluding carboxylic acids is 1. The molecule has 1 aromatic carbocycles. The van der Waals surface area contributed by atoms with Gasteiger partial charge in [-0.3, -0.25) is 4.79 Å². The van der Waals surface area contributed by atoms with Crippen molar-refractivity contribution in [1.29, 1.82) is 0 Å². The highest BCUT2D eigenvalue weighted by Crippen LogP contribution is 2.21. The largest absolute Gasteiger partial charge is 0.366 e. The van der Waals surface area contributed by atoms with Crippen LogP contribution in [0.4, 0.5) is 10.1 Å². The monoisotopic (exact) mass is 304 g/mol. The summed E-state index contributed by atoms with van der Waals surface area (Å²) in [6.07, 6.45) is 0. The fourth-order valence-electron chi connectivity index (χ4n) is 1.32. The molecule has 0 radical (unpaired) electrons. The predicted molar refractivity (Wildman–Crippen MR) is 72.1 cm³/mol. The van der Waals surface area contributed by atoms with Crippen LogP contribution in [0.15, 0.2) is 23.1 Å². The molecule has 0 unspecified atom stereocenters. The van der Waals surface area contributed by atoms with Crippen LogP contribution in [0.3, 0.4) is 0 Å². The molecule has 8 heteroatoms. The summed E-state index contributed by atoms with van der Waals surface area (Å²) in [5, 5.41) is 7.26. The van der Waals surface area contributed by atoms with Gasteiger partial charge in [0.2, 0.25) is 15.9 Å². The number of ether oxygens (including phenoxy) is 1. The number of anilines is 1. The first-order valence-corrected chi connectivity index (χ1v) is 7.30. The van der Waals surface area contributed by atoms with E-state index in [-0.39, 0.29) is 17.2 Å². The summed E-state index contributed by atoms with van der Waals surface area (Å²) in [5.41, 5.74) is -0.739. The predicted octanol–water partition coefficient (Wildman–Crippen LogP) is 1.23. The number of nitrogens with two attached hydrogens (primary N) is 1. The van der Waals surface area contributed by atoms with E-state index in [0.717, 1.165) is 18.2 Å². The van der Waals surface area contributed by atoms with Crippen molar-refractivity contribution in [2.45, 2.75) is 31.3 Å². The fraction of sp³-hybridized carbons (Fsp3) is 0.417. The first kappa shape index (κ1) is 16.5. The number of hydrogen-bond acceptors (Lipinski definition) is 4. The van der Waals surface area contributed by atoms with E-state index in [1.54, 1.807) is 20.8 Å². The Morgan fingerprint density at radius 3 is 2.50 bits per heavy atom. The number of amides is 1. The number of nitrogens with one attached hydrogen (secondary N) is 1. The molecule has 0 saturated heterocycles. The van der Waals surface area contributed by atoms with Crippen LogP contribution in [-0.2, 0) is 19.6 Å². The highest BCUT2D eigenvalue weighted by molar-refractivity contribution is 7.89. The van der Waals surface area contributed by atoms with Crippen LogP contribution in [0.5, 0.6) is 0 Å². The maximum atomic E-state index is 13.1. The van der Waals surface area contributed by atoms with E-state index in [1.165, 1.54) is 0 Å². The Morgan fingerprint density at radius 2 is 2.00 bits per heavy atom. The second-order valence-electron chi connectivity index (χ2n) is 5.13. The Morgan fingerprint density at radius 1 is 1.40 bits per heavy atom. The van der Waals surface area contributed by atoms with Crippen LogP contribution in [-0.4, -0.2) is 26.5 Å². The molecular formula is C12H17FN2O4S. The second-order valence-corrected chi connectivity index (χ2v) is 6.66. The molecule has 0 aliphatic carbocycles. The Bertz CT molecular complexity index is 608. The van der Waals surface area contributed by atoms with Gasteiger partial charge in [-0.05, 0) is 39.0 Å². The van der Waals surface area contributed by atoms with Crippen LogP contribution in [0, 0.1) is 5.82 Å². The molecule has 0 heterocycles. The van der Waals surface area contributed by atoms with Gasteiger partial charge in [0, 0.05) is 0 Å². The van der Waals surface area contributed by atoms with Crippen molar-refractivity contribution in [3.8, 4) is 0 Å². The highest BCUT2D eigenvalue weighted by Gasteiger charge is 2.18. The maximum Gasteiger partial charge on any atom is 0.250 e. The van der Waals surface area contributed by atoms with Crippen LogP contribution in [0.2, 0.25) is 0 Å². The molecule has 6 nitrogen and oxygen atoms in total. The summed E-state index contributed by atoms with van der Waals surface area (Å²) in [6, 6.07) is 2.82. The number of rotatable bonds is 4. The number of carbonyl (C=O) groups is 1. The van der Waals surface area contributed by atoms with Gasteiger partial charge in [0.05, 0.1) is 11.3 Å². The molecule has 0 saturated carbocycles. The van der Waals surface area contributed by atoms with Crippen molar-refractivity contribution < 1.29 is 22.3 Å². The third-order valence-corrected chi connectivity index (χ3v) is 3.13. The van der Waals surface area contributed by atoms with Gasteiger partial charge < -0.3 is 10.1 Å². The zero-order valence-corrected chi connectivity index (χ0v) is 12.3. The number of hydrogen-bond donors (Lipinski definition) is 2. The van der Waals surface area contributed by atoms with Crippen molar-refractivity contribution in [1.82, 2.24) is 0 Å². The van der Waals surface area contributed by atoms with Crippen molar-refractivity contribution in [2.24, 2.45) is 5.14 Å². The van der Waals surface area contributed by atoms with Gasteiger partial charge in [-0.25, -0.2) is 17.9 Å². The minimum atomic E-state index is -4.06. The first-order chi connectivity index (χ1) is 8.99. The van der Waals surface area contributed by atoms with Gasteiger partial charge in [-0.2, -0.15) is 0 Å². The van der Waals surface area contributed by atoms with E-state index in [9.17, 15) is 17.6 Å². The smallest absolute Gasteiger partial charge is 0.250 e. The topological polar surface area (TPSA) is 98.5 Å². The number of sulfonamides is 1. The van der Waals surface area contributed by atoms with Gasteiger partial charge in [-0.1, -0.05) is 0 Å². The lowest BCUT2D eigenvalue weighted by molar-refractivity contribution is -0.125. The fourth-order valence-corrected chi connectivity index (χ4v) is 1.99. The molecule has 0 spiro atoms. The maximum absolute atomic E-state index is 13.1. The van der Waals surface area contributed by atoms with E-state index >= 15 is 0 Å². The summed E-state index contributed by atoms with van der Waals surface area (Å²) < 4.78 is 41.0. The van der Waals surface area contributed by atoms with Crippen LogP contribution in [0.1, 0.15) is 20.8 Å². The number of primary sulfonamides is 1. The zero-order valence-electron chi connectivity index (χ0n) is 11.4. The molecule has 0 aromatic heterocycles. The third-order valence-electron chi connectivity index (χ3n) is 2.16. The average Bonchev–Trinajstić information content (AvgIpc) is 2.23. The van der Waals surface area contributed by atoms with Crippen molar-refractivity contribution in [2.75, 3.05) is 11.9 Å². The van der Waals surface area contributed by atoms with Crippen LogP contribution >= 0.6 is 0 Å². The third kappa shape index (κ3) is 5.24. The Labute approximate surface area is 117 Å². The number of benzene rings is 1.